The van der Waals surface area contributed by atoms with E-state index >= 15 is 0 Å². The summed E-state index contributed by atoms with van der Waals surface area (Å²) in [5.74, 6) is 1.11. The molecule has 1 saturated carbocycles. The first-order chi connectivity index (χ1) is 14.5. The number of amides is 2. The van der Waals surface area contributed by atoms with Gasteiger partial charge in [-0.05, 0) is 69.4 Å². The minimum absolute atomic E-state index is 0.00392. The van der Waals surface area contributed by atoms with E-state index in [1.165, 1.54) is 4.90 Å². The Morgan fingerprint density at radius 2 is 2.03 bits per heavy atom. The Morgan fingerprint density at radius 1 is 1.23 bits per heavy atom. The maximum absolute atomic E-state index is 12.7. The van der Waals surface area contributed by atoms with Gasteiger partial charge in [0.1, 0.15) is 18.0 Å². The van der Waals surface area contributed by atoms with Crippen molar-refractivity contribution in [3.8, 4) is 11.5 Å². The second-order valence-corrected chi connectivity index (χ2v) is 7.99. The molecule has 2 amide bonds. The third kappa shape index (κ3) is 4.56. The van der Waals surface area contributed by atoms with Crippen LogP contribution in [0.5, 0.6) is 11.5 Å². The third-order valence-electron chi connectivity index (χ3n) is 5.65. The van der Waals surface area contributed by atoms with Crippen LogP contribution in [0.1, 0.15) is 36.9 Å². The van der Waals surface area contributed by atoms with Gasteiger partial charge in [0.25, 0.3) is 5.91 Å². The Kier molecular flexibility index (Phi) is 5.88. The lowest BCUT2D eigenvalue weighted by Gasteiger charge is -2.32. The van der Waals surface area contributed by atoms with Crippen LogP contribution in [0.2, 0.25) is 0 Å². The first kappa shape index (κ1) is 20.2. The normalized spacial score (nSPS) is 20.9. The van der Waals surface area contributed by atoms with Gasteiger partial charge in [-0.15, -0.1) is 0 Å². The molecule has 0 saturated heterocycles. The van der Waals surface area contributed by atoms with Gasteiger partial charge in [-0.25, -0.2) is 0 Å². The number of carbonyl (C=O) groups is 2. The summed E-state index contributed by atoms with van der Waals surface area (Å²) in [5, 5.41) is 3.09. The summed E-state index contributed by atoms with van der Waals surface area (Å²) < 4.78 is 11.6. The maximum atomic E-state index is 12.7. The molecule has 2 heterocycles. The SMILES string of the molecule is Cc1ccc2c(c1)N(CC(=O)NC1CCC(Oc3cccnc3C)CC1)C(=O)CO2. The predicted octanol–water partition coefficient (Wildman–Crippen LogP) is 2.93. The number of pyridine rings is 1. The van der Waals surface area contributed by atoms with Crippen LogP contribution < -0.4 is 19.7 Å². The van der Waals surface area contributed by atoms with Gasteiger partial charge in [-0.2, -0.15) is 0 Å². The molecule has 7 heteroatoms. The van der Waals surface area contributed by atoms with Gasteiger partial charge < -0.3 is 14.8 Å². The molecule has 0 spiro atoms. The van der Waals surface area contributed by atoms with E-state index in [2.05, 4.69) is 10.3 Å². The number of hydrogen-bond donors (Lipinski definition) is 1. The molecule has 2 aromatic rings. The molecule has 158 valence electrons. The molecule has 1 aromatic heterocycles. The quantitative estimate of drug-likeness (QED) is 0.821. The number of fused-ring (bicyclic) bond motifs is 1. The average Bonchev–Trinajstić information content (AvgIpc) is 2.73. The molecule has 0 atom stereocenters. The Labute approximate surface area is 176 Å². The van der Waals surface area contributed by atoms with Crippen LogP contribution in [-0.4, -0.2) is 42.1 Å². The Bertz CT molecular complexity index is 938. The molecule has 0 unspecified atom stereocenters. The standard InChI is InChI=1S/C23H27N3O4/c1-15-5-10-21-19(12-15)26(23(28)14-29-21)13-22(27)25-17-6-8-18(9-7-17)30-20-4-3-11-24-16(20)2/h3-5,10-12,17-18H,6-9,13-14H2,1-2H3,(H,25,27). The minimum atomic E-state index is -0.202. The molecule has 0 bridgehead atoms. The Hall–Kier alpha value is -3.09. The fourth-order valence-electron chi connectivity index (χ4n) is 4.00. The van der Waals surface area contributed by atoms with Gasteiger partial charge >= 0.3 is 0 Å². The van der Waals surface area contributed by atoms with Crippen LogP contribution in [0.4, 0.5) is 5.69 Å². The highest BCUT2D eigenvalue weighted by Gasteiger charge is 2.29. The van der Waals surface area contributed by atoms with E-state index in [9.17, 15) is 9.59 Å². The third-order valence-corrected chi connectivity index (χ3v) is 5.65. The number of hydrogen-bond acceptors (Lipinski definition) is 5. The highest BCUT2D eigenvalue weighted by molar-refractivity contribution is 6.02. The number of nitrogens with one attached hydrogen (secondary N) is 1. The second-order valence-electron chi connectivity index (χ2n) is 7.99. The average molecular weight is 409 g/mol. The van der Waals surface area contributed by atoms with Gasteiger partial charge in [0.2, 0.25) is 5.91 Å². The zero-order chi connectivity index (χ0) is 21.1. The monoisotopic (exact) mass is 409 g/mol. The van der Waals surface area contributed by atoms with Crippen LogP contribution in [0.3, 0.4) is 0 Å². The lowest BCUT2D eigenvalue weighted by Crippen LogP contribution is -2.48. The first-order valence-electron chi connectivity index (χ1n) is 10.4. The van der Waals surface area contributed by atoms with Crippen molar-refractivity contribution in [3.63, 3.8) is 0 Å². The van der Waals surface area contributed by atoms with E-state index in [-0.39, 0.29) is 37.1 Å². The van der Waals surface area contributed by atoms with E-state index in [4.69, 9.17) is 9.47 Å². The summed E-state index contributed by atoms with van der Waals surface area (Å²) in [6.07, 6.45) is 5.34. The number of anilines is 1. The van der Waals surface area contributed by atoms with E-state index in [1.807, 2.05) is 44.2 Å². The number of rotatable bonds is 5. The van der Waals surface area contributed by atoms with Crippen molar-refractivity contribution < 1.29 is 19.1 Å². The summed E-state index contributed by atoms with van der Waals surface area (Å²) in [6.45, 7) is 3.85. The van der Waals surface area contributed by atoms with Gasteiger partial charge in [0, 0.05) is 12.2 Å². The predicted molar refractivity (Wildman–Crippen MR) is 113 cm³/mol. The number of carbonyl (C=O) groups excluding carboxylic acids is 2. The van der Waals surface area contributed by atoms with Gasteiger partial charge in [-0.1, -0.05) is 6.07 Å². The van der Waals surface area contributed by atoms with Crippen molar-refractivity contribution >= 4 is 17.5 Å². The number of aromatic nitrogens is 1. The largest absolute Gasteiger partial charge is 0.489 e. The smallest absolute Gasteiger partial charge is 0.265 e. The number of ether oxygens (including phenoxy) is 2. The van der Waals surface area contributed by atoms with Crippen molar-refractivity contribution in [2.24, 2.45) is 0 Å². The van der Waals surface area contributed by atoms with E-state index in [0.29, 0.717) is 11.4 Å². The summed E-state index contributed by atoms with van der Waals surface area (Å²) in [7, 11) is 0. The summed E-state index contributed by atoms with van der Waals surface area (Å²) >= 11 is 0. The van der Waals surface area contributed by atoms with Crippen molar-refractivity contribution in [3.05, 3.63) is 47.8 Å². The molecule has 1 aliphatic carbocycles. The molecule has 1 fully saturated rings. The second kappa shape index (κ2) is 8.73. The molecule has 30 heavy (non-hydrogen) atoms. The molecular formula is C23H27N3O4. The van der Waals surface area contributed by atoms with Crippen molar-refractivity contribution in [2.45, 2.75) is 51.7 Å². The molecule has 1 aliphatic heterocycles. The van der Waals surface area contributed by atoms with E-state index < -0.39 is 0 Å². The van der Waals surface area contributed by atoms with Gasteiger partial charge in [0.05, 0.1) is 17.5 Å². The number of aryl methyl sites for hydroxylation is 2. The topological polar surface area (TPSA) is 80.8 Å². The number of nitrogens with zero attached hydrogens (tertiary/aromatic N) is 2. The van der Waals surface area contributed by atoms with Crippen LogP contribution in [0.15, 0.2) is 36.5 Å². The van der Waals surface area contributed by atoms with Crippen LogP contribution in [-0.2, 0) is 9.59 Å². The zero-order valence-corrected chi connectivity index (χ0v) is 17.4. The molecule has 4 rings (SSSR count). The Balaban J connectivity index is 1.30. The minimum Gasteiger partial charge on any atom is -0.489 e. The highest BCUT2D eigenvalue weighted by Crippen LogP contribution is 2.32. The maximum Gasteiger partial charge on any atom is 0.265 e. The highest BCUT2D eigenvalue weighted by atomic mass is 16.5. The molecule has 1 aromatic carbocycles. The zero-order valence-electron chi connectivity index (χ0n) is 17.4. The molecule has 7 nitrogen and oxygen atoms in total. The molecule has 2 aliphatic rings. The first-order valence-corrected chi connectivity index (χ1v) is 10.4. The lowest BCUT2D eigenvalue weighted by molar-refractivity contribution is -0.125. The summed E-state index contributed by atoms with van der Waals surface area (Å²) in [5.41, 5.74) is 2.56. The lowest BCUT2D eigenvalue weighted by atomic mass is 9.93. The van der Waals surface area contributed by atoms with E-state index in [1.54, 1.807) is 6.20 Å². The summed E-state index contributed by atoms with van der Waals surface area (Å²) in [6, 6.07) is 9.56. The van der Waals surface area contributed by atoms with Crippen molar-refractivity contribution in [1.29, 1.82) is 0 Å². The van der Waals surface area contributed by atoms with Gasteiger partial charge in [-0.3, -0.25) is 19.5 Å². The van der Waals surface area contributed by atoms with Crippen LogP contribution >= 0.6 is 0 Å². The molecular weight excluding hydrogens is 382 g/mol. The Morgan fingerprint density at radius 3 is 2.80 bits per heavy atom. The fourth-order valence-corrected chi connectivity index (χ4v) is 4.00. The number of benzene rings is 1. The van der Waals surface area contributed by atoms with E-state index in [0.717, 1.165) is 42.7 Å². The van der Waals surface area contributed by atoms with Crippen molar-refractivity contribution in [2.75, 3.05) is 18.1 Å². The van der Waals surface area contributed by atoms with Gasteiger partial charge in [0.15, 0.2) is 6.61 Å². The van der Waals surface area contributed by atoms with Crippen LogP contribution in [0, 0.1) is 13.8 Å². The van der Waals surface area contributed by atoms with Crippen molar-refractivity contribution in [1.82, 2.24) is 10.3 Å². The molecule has 0 radical (unpaired) electrons. The summed E-state index contributed by atoms with van der Waals surface area (Å²) in [4.78, 5) is 30.8. The fraction of sp³-hybridized carbons (Fsp3) is 0.435. The molecule has 1 N–H and O–H groups in total. The van der Waals surface area contributed by atoms with Crippen LogP contribution in [0.25, 0.3) is 0 Å².